The first-order valence-electron chi connectivity index (χ1n) is 6.94. The Hall–Kier alpha value is -1.42. The molecule has 1 aromatic heterocycles. The van der Waals surface area contributed by atoms with Crippen LogP contribution in [0.2, 0.25) is 0 Å². The molecule has 0 aliphatic rings. The Labute approximate surface area is 147 Å². The molecule has 1 aromatic carbocycles. The number of halogens is 1. The van der Waals surface area contributed by atoms with E-state index in [2.05, 4.69) is 31.4 Å². The van der Waals surface area contributed by atoms with E-state index in [1.165, 1.54) is 11.3 Å². The number of thiazole rings is 1. The lowest BCUT2D eigenvalue weighted by Gasteiger charge is -2.16. The van der Waals surface area contributed by atoms with Crippen LogP contribution in [0.4, 0.5) is 5.13 Å². The van der Waals surface area contributed by atoms with Crippen molar-refractivity contribution in [2.45, 2.75) is 26.9 Å². The summed E-state index contributed by atoms with van der Waals surface area (Å²) in [6.07, 6.45) is 1.49. The van der Waals surface area contributed by atoms with Crippen molar-refractivity contribution < 1.29 is 14.8 Å². The molecule has 0 saturated heterocycles. The zero-order valence-electron chi connectivity index (χ0n) is 12.9. The van der Waals surface area contributed by atoms with Gasteiger partial charge in [-0.15, -0.1) is 11.3 Å². The van der Waals surface area contributed by atoms with E-state index < -0.39 is 7.12 Å². The van der Waals surface area contributed by atoms with Crippen LogP contribution in [0.5, 0.6) is 5.75 Å². The van der Waals surface area contributed by atoms with Gasteiger partial charge in [-0.3, -0.25) is 5.43 Å². The van der Waals surface area contributed by atoms with E-state index >= 15 is 0 Å². The van der Waals surface area contributed by atoms with Crippen molar-refractivity contribution >= 4 is 51.2 Å². The van der Waals surface area contributed by atoms with Gasteiger partial charge >= 0.3 is 7.12 Å². The third kappa shape index (κ3) is 5.03. The van der Waals surface area contributed by atoms with Gasteiger partial charge in [0.25, 0.3) is 0 Å². The quantitative estimate of drug-likeness (QED) is 0.395. The van der Waals surface area contributed by atoms with Gasteiger partial charge in [-0.2, -0.15) is 5.10 Å². The van der Waals surface area contributed by atoms with E-state index in [0.717, 1.165) is 5.69 Å². The highest BCUT2D eigenvalue weighted by atomic mass is 79.9. The molecule has 0 radical (unpaired) electrons. The second-order valence-corrected chi connectivity index (χ2v) is 6.84. The molecule has 3 N–H and O–H groups in total. The molecule has 23 heavy (non-hydrogen) atoms. The van der Waals surface area contributed by atoms with Crippen molar-refractivity contribution in [3.63, 3.8) is 0 Å². The Balaban J connectivity index is 2.22. The number of nitrogens with one attached hydrogen (secondary N) is 1. The van der Waals surface area contributed by atoms with Crippen LogP contribution < -0.4 is 15.6 Å². The first kappa shape index (κ1) is 17.9. The minimum atomic E-state index is -1.64. The van der Waals surface area contributed by atoms with Gasteiger partial charge in [0.1, 0.15) is 5.75 Å². The number of hydrazone groups is 1. The van der Waals surface area contributed by atoms with Crippen molar-refractivity contribution in [3.05, 3.63) is 33.2 Å². The SMILES string of the molecule is Cc1csc(NN=Cc2cc(Br)c(OC(C)C)c(B(O)O)c2)n1. The zero-order valence-corrected chi connectivity index (χ0v) is 15.3. The maximum atomic E-state index is 9.56. The number of hydrogen-bond acceptors (Lipinski definition) is 7. The van der Waals surface area contributed by atoms with E-state index in [0.29, 0.717) is 20.9 Å². The summed E-state index contributed by atoms with van der Waals surface area (Å²) in [5, 5.41) is 25.8. The molecule has 0 fully saturated rings. The zero-order chi connectivity index (χ0) is 17.0. The Morgan fingerprint density at radius 3 is 2.74 bits per heavy atom. The fourth-order valence-corrected chi connectivity index (χ4v) is 3.05. The van der Waals surface area contributed by atoms with E-state index in [-0.39, 0.29) is 11.6 Å². The fourth-order valence-electron chi connectivity index (χ4n) is 1.83. The molecule has 0 saturated carbocycles. The summed E-state index contributed by atoms with van der Waals surface area (Å²) in [7, 11) is -1.64. The standard InChI is InChI=1S/C14H17BBrN3O3S/c1-8(2)22-13-11(15(20)21)4-10(5-12(13)16)6-17-19-14-18-9(3)7-23-14/h4-8,20-21H,1-3H3,(H,18,19). The highest BCUT2D eigenvalue weighted by Crippen LogP contribution is 2.25. The summed E-state index contributed by atoms with van der Waals surface area (Å²) in [5.41, 5.74) is 4.73. The van der Waals surface area contributed by atoms with Crippen molar-refractivity contribution in [2.75, 3.05) is 5.43 Å². The van der Waals surface area contributed by atoms with Crippen LogP contribution in [0.1, 0.15) is 25.1 Å². The third-order valence-corrected chi connectivity index (χ3v) is 4.17. The van der Waals surface area contributed by atoms with Crippen LogP contribution in [0.15, 0.2) is 27.1 Å². The summed E-state index contributed by atoms with van der Waals surface area (Å²) >= 11 is 4.86. The van der Waals surface area contributed by atoms with Gasteiger partial charge in [-0.25, -0.2) is 4.98 Å². The highest BCUT2D eigenvalue weighted by Gasteiger charge is 2.21. The molecule has 0 bridgehead atoms. The molecule has 2 rings (SSSR count). The summed E-state index contributed by atoms with van der Waals surface area (Å²) in [6.45, 7) is 5.65. The topological polar surface area (TPSA) is 87.0 Å². The van der Waals surface area contributed by atoms with Crippen LogP contribution in [-0.2, 0) is 0 Å². The molecule has 0 amide bonds. The Kier molecular flexibility index (Phi) is 6.17. The average molecular weight is 398 g/mol. The smallest absolute Gasteiger partial charge is 0.490 e. The molecule has 0 spiro atoms. The number of nitrogens with zero attached hydrogens (tertiary/aromatic N) is 2. The first-order chi connectivity index (χ1) is 10.9. The molecular formula is C14H17BBrN3O3S. The number of hydrogen-bond donors (Lipinski definition) is 3. The first-order valence-corrected chi connectivity index (χ1v) is 8.61. The van der Waals surface area contributed by atoms with Crippen LogP contribution in [-0.4, -0.2) is 34.5 Å². The summed E-state index contributed by atoms with van der Waals surface area (Å²) in [4.78, 5) is 4.24. The number of aromatic nitrogens is 1. The summed E-state index contributed by atoms with van der Waals surface area (Å²) in [5.74, 6) is 0.413. The molecular weight excluding hydrogens is 381 g/mol. The second kappa shape index (κ2) is 7.91. The van der Waals surface area contributed by atoms with E-state index in [4.69, 9.17) is 4.74 Å². The van der Waals surface area contributed by atoms with Gasteiger partial charge in [0.05, 0.1) is 22.5 Å². The van der Waals surface area contributed by atoms with Crippen LogP contribution in [0.25, 0.3) is 0 Å². The highest BCUT2D eigenvalue weighted by molar-refractivity contribution is 9.10. The number of ether oxygens (including phenoxy) is 1. The van der Waals surface area contributed by atoms with Crippen molar-refractivity contribution in [1.82, 2.24) is 4.98 Å². The molecule has 0 aliphatic heterocycles. The predicted octanol–water partition coefficient (Wildman–Crippen LogP) is 2.13. The van der Waals surface area contributed by atoms with Crippen LogP contribution in [0, 0.1) is 6.92 Å². The molecule has 0 unspecified atom stereocenters. The number of anilines is 1. The predicted molar refractivity (Wildman–Crippen MR) is 97.8 cm³/mol. The van der Waals surface area contributed by atoms with Crippen molar-refractivity contribution in [3.8, 4) is 5.75 Å². The Morgan fingerprint density at radius 1 is 1.43 bits per heavy atom. The lowest BCUT2D eigenvalue weighted by Crippen LogP contribution is -2.33. The third-order valence-electron chi connectivity index (χ3n) is 2.72. The number of benzene rings is 1. The van der Waals surface area contributed by atoms with Crippen molar-refractivity contribution in [1.29, 1.82) is 0 Å². The van der Waals surface area contributed by atoms with Gasteiger partial charge in [0.15, 0.2) is 0 Å². The largest absolute Gasteiger partial charge is 0.492 e. The maximum absolute atomic E-state index is 9.56. The molecule has 0 aliphatic carbocycles. The molecule has 2 aromatic rings. The minimum absolute atomic E-state index is 0.0851. The maximum Gasteiger partial charge on any atom is 0.492 e. The number of aryl methyl sites for hydroxylation is 1. The Morgan fingerprint density at radius 2 is 2.17 bits per heavy atom. The molecule has 0 atom stereocenters. The minimum Gasteiger partial charge on any atom is -0.490 e. The monoisotopic (exact) mass is 397 g/mol. The van der Waals surface area contributed by atoms with Crippen molar-refractivity contribution in [2.24, 2.45) is 5.10 Å². The van der Waals surface area contributed by atoms with Gasteiger partial charge in [0.2, 0.25) is 5.13 Å². The van der Waals surface area contributed by atoms with E-state index in [1.54, 1.807) is 18.3 Å². The molecule has 122 valence electrons. The lowest BCUT2D eigenvalue weighted by molar-refractivity contribution is 0.242. The second-order valence-electron chi connectivity index (χ2n) is 5.13. The summed E-state index contributed by atoms with van der Waals surface area (Å²) in [6, 6.07) is 3.41. The van der Waals surface area contributed by atoms with E-state index in [9.17, 15) is 10.0 Å². The molecule has 9 heteroatoms. The van der Waals surface area contributed by atoms with Gasteiger partial charge in [0, 0.05) is 10.8 Å². The molecule has 6 nitrogen and oxygen atoms in total. The lowest BCUT2D eigenvalue weighted by atomic mass is 9.78. The van der Waals surface area contributed by atoms with Gasteiger partial charge in [-0.1, -0.05) is 0 Å². The van der Waals surface area contributed by atoms with E-state index in [1.807, 2.05) is 26.2 Å². The fraction of sp³-hybridized carbons (Fsp3) is 0.286. The van der Waals surface area contributed by atoms with Gasteiger partial charge in [-0.05, 0) is 54.4 Å². The molecule has 1 heterocycles. The normalized spacial score (nSPS) is 11.3. The summed E-state index contributed by atoms with van der Waals surface area (Å²) < 4.78 is 6.26. The Bertz CT molecular complexity index is 707. The van der Waals surface area contributed by atoms with Gasteiger partial charge < -0.3 is 14.8 Å². The number of rotatable bonds is 6. The average Bonchev–Trinajstić information content (AvgIpc) is 2.86. The van der Waals surface area contributed by atoms with Crippen LogP contribution in [0.3, 0.4) is 0 Å². The van der Waals surface area contributed by atoms with Crippen LogP contribution >= 0.6 is 27.3 Å².